The molecule has 0 aliphatic heterocycles. The molecule has 112 valence electrons. The van der Waals surface area contributed by atoms with Crippen LogP contribution in [0.5, 0.6) is 11.5 Å². The van der Waals surface area contributed by atoms with Crippen LogP contribution in [-0.2, 0) is 6.61 Å². The molecule has 1 N–H and O–H groups in total. The van der Waals surface area contributed by atoms with Gasteiger partial charge >= 0.3 is 0 Å². The van der Waals surface area contributed by atoms with Crippen molar-refractivity contribution in [3.63, 3.8) is 0 Å². The maximum Gasteiger partial charge on any atom is 0.127 e. The van der Waals surface area contributed by atoms with Gasteiger partial charge in [0.1, 0.15) is 11.5 Å². The van der Waals surface area contributed by atoms with Gasteiger partial charge in [0.05, 0.1) is 19.8 Å². The van der Waals surface area contributed by atoms with Gasteiger partial charge in [-0.3, -0.25) is 0 Å². The van der Waals surface area contributed by atoms with Crippen LogP contribution in [0, 0.1) is 6.92 Å². The smallest absolute Gasteiger partial charge is 0.127 e. The summed E-state index contributed by atoms with van der Waals surface area (Å²) in [6.45, 7) is 3.10. The number of aryl methyl sites for hydroxylation is 1. The molecule has 0 heterocycles. The van der Waals surface area contributed by atoms with E-state index in [0.29, 0.717) is 13.2 Å². The molecule has 2 aromatic rings. The molecule has 0 bridgehead atoms. The lowest BCUT2D eigenvalue weighted by atomic mass is 10.1. The highest BCUT2D eigenvalue weighted by molar-refractivity contribution is 9.10. The van der Waals surface area contributed by atoms with Gasteiger partial charge in [-0.1, -0.05) is 34.1 Å². The summed E-state index contributed by atoms with van der Waals surface area (Å²) in [7, 11) is 0. The summed E-state index contributed by atoms with van der Waals surface area (Å²) in [6, 6.07) is 13.6. The minimum atomic E-state index is -0.0316. The Morgan fingerprint density at radius 3 is 2.48 bits per heavy atom. The van der Waals surface area contributed by atoms with Crippen LogP contribution in [-0.4, -0.2) is 18.3 Å². The van der Waals surface area contributed by atoms with E-state index < -0.39 is 0 Å². The van der Waals surface area contributed by atoms with Crippen molar-refractivity contribution in [2.75, 3.05) is 13.2 Å². The molecule has 3 nitrogen and oxygen atoms in total. The monoisotopic (exact) mass is 350 g/mol. The van der Waals surface area contributed by atoms with Crippen LogP contribution < -0.4 is 9.47 Å². The van der Waals surface area contributed by atoms with Crippen molar-refractivity contribution in [3.8, 4) is 11.5 Å². The summed E-state index contributed by atoms with van der Waals surface area (Å²) in [6.07, 6.45) is 0.787. The van der Waals surface area contributed by atoms with Crippen LogP contribution in [0.2, 0.25) is 0 Å². The van der Waals surface area contributed by atoms with Gasteiger partial charge < -0.3 is 14.6 Å². The maximum absolute atomic E-state index is 9.39. The minimum absolute atomic E-state index is 0.0316. The van der Waals surface area contributed by atoms with Crippen molar-refractivity contribution in [2.45, 2.75) is 20.0 Å². The number of benzene rings is 2. The Hall–Kier alpha value is -1.52. The third kappa shape index (κ3) is 4.76. The zero-order chi connectivity index (χ0) is 15.1. The number of para-hydroxylation sites is 1. The summed E-state index contributed by atoms with van der Waals surface area (Å²) in [5, 5.41) is 9.39. The molecule has 0 radical (unpaired) electrons. The second-order valence-electron chi connectivity index (χ2n) is 4.73. The van der Waals surface area contributed by atoms with Crippen LogP contribution in [0.1, 0.15) is 17.5 Å². The maximum atomic E-state index is 9.39. The van der Waals surface area contributed by atoms with Crippen molar-refractivity contribution in [2.24, 2.45) is 0 Å². The second-order valence-corrected chi connectivity index (χ2v) is 5.65. The first-order valence-corrected chi connectivity index (χ1v) is 7.70. The number of ether oxygens (including phenoxy) is 2. The normalized spacial score (nSPS) is 10.4. The van der Waals surface area contributed by atoms with Crippen molar-refractivity contribution < 1.29 is 14.6 Å². The van der Waals surface area contributed by atoms with Crippen LogP contribution >= 0.6 is 15.9 Å². The first-order chi connectivity index (χ1) is 10.2. The Morgan fingerprint density at radius 1 is 1.05 bits per heavy atom. The van der Waals surface area contributed by atoms with E-state index >= 15 is 0 Å². The Kier molecular flexibility index (Phi) is 6.08. The standard InChI is InChI=1S/C17H19BrO3/c1-13-10-15(18)11-14(12-19)17(13)21-9-5-8-20-16-6-3-2-4-7-16/h2-4,6-7,10-11,19H,5,8-9,12H2,1H3. The first-order valence-electron chi connectivity index (χ1n) is 6.91. The van der Waals surface area contributed by atoms with Gasteiger partial charge in [0, 0.05) is 16.5 Å². The molecule has 0 aliphatic carbocycles. The zero-order valence-corrected chi connectivity index (χ0v) is 13.6. The largest absolute Gasteiger partial charge is 0.493 e. The number of aliphatic hydroxyl groups excluding tert-OH is 1. The van der Waals surface area contributed by atoms with Crippen molar-refractivity contribution in [1.82, 2.24) is 0 Å². The lowest BCUT2D eigenvalue weighted by Gasteiger charge is -2.14. The van der Waals surface area contributed by atoms with E-state index in [9.17, 15) is 5.11 Å². The molecule has 0 saturated carbocycles. The van der Waals surface area contributed by atoms with Crippen LogP contribution in [0.4, 0.5) is 0 Å². The molecule has 0 amide bonds. The zero-order valence-electron chi connectivity index (χ0n) is 12.0. The Morgan fingerprint density at radius 2 is 1.76 bits per heavy atom. The summed E-state index contributed by atoms with van der Waals surface area (Å²) < 4.78 is 12.4. The lowest BCUT2D eigenvalue weighted by Crippen LogP contribution is -2.07. The third-order valence-electron chi connectivity index (χ3n) is 3.03. The van der Waals surface area contributed by atoms with Crippen LogP contribution in [0.3, 0.4) is 0 Å². The molecular weight excluding hydrogens is 332 g/mol. The van der Waals surface area contributed by atoms with Gasteiger partial charge in [-0.15, -0.1) is 0 Å². The Bertz CT molecular complexity index is 570. The summed E-state index contributed by atoms with van der Waals surface area (Å²) in [5.74, 6) is 1.63. The van der Waals surface area contributed by atoms with Crippen LogP contribution in [0.25, 0.3) is 0 Å². The molecule has 0 unspecified atom stereocenters. The van der Waals surface area contributed by atoms with Gasteiger partial charge in [-0.2, -0.15) is 0 Å². The van der Waals surface area contributed by atoms with Crippen molar-refractivity contribution in [3.05, 3.63) is 58.1 Å². The fourth-order valence-electron chi connectivity index (χ4n) is 2.06. The molecule has 0 aliphatic rings. The van der Waals surface area contributed by atoms with E-state index in [1.165, 1.54) is 0 Å². The number of hydrogen-bond acceptors (Lipinski definition) is 3. The summed E-state index contributed by atoms with van der Waals surface area (Å²) in [5.41, 5.74) is 1.81. The minimum Gasteiger partial charge on any atom is -0.493 e. The lowest BCUT2D eigenvalue weighted by molar-refractivity contribution is 0.235. The van der Waals surface area contributed by atoms with E-state index in [4.69, 9.17) is 9.47 Å². The number of aliphatic hydroxyl groups is 1. The van der Waals surface area contributed by atoms with Crippen molar-refractivity contribution >= 4 is 15.9 Å². The fraction of sp³-hybridized carbons (Fsp3) is 0.294. The highest BCUT2D eigenvalue weighted by atomic mass is 79.9. The molecule has 0 atom stereocenters. The molecule has 0 spiro atoms. The predicted octanol–water partition coefficient (Wildman–Crippen LogP) is 4.10. The highest BCUT2D eigenvalue weighted by Gasteiger charge is 2.08. The van der Waals surface area contributed by atoms with Gasteiger partial charge in [0.15, 0.2) is 0 Å². The highest BCUT2D eigenvalue weighted by Crippen LogP contribution is 2.28. The topological polar surface area (TPSA) is 38.7 Å². The average molecular weight is 351 g/mol. The third-order valence-corrected chi connectivity index (χ3v) is 3.49. The summed E-state index contributed by atoms with van der Waals surface area (Å²) in [4.78, 5) is 0. The molecule has 0 fully saturated rings. The fourth-order valence-corrected chi connectivity index (χ4v) is 2.68. The summed E-state index contributed by atoms with van der Waals surface area (Å²) >= 11 is 3.42. The molecule has 0 saturated heterocycles. The van der Waals surface area contributed by atoms with Gasteiger partial charge in [-0.05, 0) is 36.8 Å². The molecular formula is C17H19BrO3. The molecule has 2 aromatic carbocycles. The van der Waals surface area contributed by atoms with Crippen LogP contribution in [0.15, 0.2) is 46.9 Å². The average Bonchev–Trinajstić information content (AvgIpc) is 2.49. The van der Waals surface area contributed by atoms with Gasteiger partial charge in [0.2, 0.25) is 0 Å². The van der Waals surface area contributed by atoms with E-state index in [1.807, 2.05) is 49.4 Å². The molecule has 21 heavy (non-hydrogen) atoms. The number of hydrogen-bond donors (Lipinski definition) is 1. The SMILES string of the molecule is Cc1cc(Br)cc(CO)c1OCCCOc1ccccc1. The number of halogens is 1. The predicted molar refractivity (Wildman–Crippen MR) is 86.9 cm³/mol. The van der Waals surface area contributed by atoms with E-state index in [2.05, 4.69) is 15.9 Å². The molecule has 4 heteroatoms. The van der Waals surface area contributed by atoms with Crippen molar-refractivity contribution in [1.29, 1.82) is 0 Å². The van der Waals surface area contributed by atoms with Gasteiger partial charge in [-0.25, -0.2) is 0 Å². The Labute approximate surface area is 133 Å². The van der Waals surface area contributed by atoms with E-state index in [1.54, 1.807) is 0 Å². The van der Waals surface area contributed by atoms with E-state index in [-0.39, 0.29) is 6.61 Å². The first kappa shape index (κ1) is 15.9. The number of rotatable bonds is 7. The molecule has 0 aromatic heterocycles. The molecule has 2 rings (SSSR count). The van der Waals surface area contributed by atoms with Gasteiger partial charge in [0.25, 0.3) is 0 Å². The Balaban J connectivity index is 1.81. The second kappa shape index (κ2) is 8.05. The van der Waals surface area contributed by atoms with E-state index in [0.717, 1.165) is 33.5 Å². The quantitative estimate of drug-likeness (QED) is 0.764.